The Balaban J connectivity index is 2.97. The second-order valence-electron chi connectivity index (χ2n) is 3.16. The maximum atomic E-state index is 10.6. The molecule has 0 radical (unpaired) electrons. The SMILES string of the molecule is CC(Oc1cc([N+](=O)[O-])ccc1Cl)/C(N)=N/O. The Morgan fingerprint density at radius 2 is 2.35 bits per heavy atom. The number of ether oxygens (including phenoxy) is 1. The molecule has 0 saturated heterocycles. The second-order valence-corrected chi connectivity index (χ2v) is 3.56. The molecular formula is C9H10ClN3O4. The number of benzene rings is 1. The molecule has 1 unspecified atom stereocenters. The van der Waals surface area contributed by atoms with Crippen molar-refractivity contribution in [2.24, 2.45) is 10.9 Å². The Kier molecular flexibility index (Phi) is 4.11. The van der Waals surface area contributed by atoms with Gasteiger partial charge in [-0.1, -0.05) is 16.8 Å². The normalized spacial score (nSPS) is 13.2. The summed E-state index contributed by atoms with van der Waals surface area (Å²) in [5, 5.41) is 22.0. The van der Waals surface area contributed by atoms with Crippen LogP contribution in [-0.4, -0.2) is 22.1 Å². The third-order valence-corrected chi connectivity index (χ3v) is 2.27. The summed E-state index contributed by atoms with van der Waals surface area (Å²) in [6, 6.07) is 3.76. The van der Waals surface area contributed by atoms with Crippen molar-refractivity contribution in [3.8, 4) is 5.75 Å². The van der Waals surface area contributed by atoms with Crippen molar-refractivity contribution in [1.29, 1.82) is 0 Å². The van der Waals surface area contributed by atoms with Gasteiger partial charge in [0, 0.05) is 6.07 Å². The van der Waals surface area contributed by atoms with Gasteiger partial charge in [0.1, 0.15) is 5.75 Å². The highest BCUT2D eigenvalue weighted by molar-refractivity contribution is 6.32. The van der Waals surface area contributed by atoms with Gasteiger partial charge in [-0.05, 0) is 13.0 Å². The number of nitro benzene ring substituents is 1. The zero-order valence-corrected chi connectivity index (χ0v) is 9.59. The van der Waals surface area contributed by atoms with Crippen molar-refractivity contribution in [2.75, 3.05) is 0 Å². The summed E-state index contributed by atoms with van der Waals surface area (Å²) in [6.07, 6.45) is -0.750. The zero-order valence-electron chi connectivity index (χ0n) is 8.83. The average Bonchev–Trinajstić information content (AvgIpc) is 2.30. The third-order valence-electron chi connectivity index (χ3n) is 1.96. The number of oxime groups is 1. The number of halogens is 1. The highest BCUT2D eigenvalue weighted by Gasteiger charge is 2.15. The van der Waals surface area contributed by atoms with Crippen LogP contribution in [0.1, 0.15) is 6.92 Å². The van der Waals surface area contributed by atoms with Gasteiger partial charge in [-0.25, -0.2) is 0 Å². The van der Waals surface area contributed by atoms with Gasteiger partial charge in [-0.2, -0.15) is 0 Å². The van der Waals surface area contributed by atoms with Crippen molar-refractivity contribution >= 4 is 23.1 Å². The number of rotatable bonds is 4. The molecule has 0 spiro atoms. The van der Waals surface area contributed by atoms with E-state index in [1.807, 2.05) is 0 Å². The zero-order chi connectivity index (χ0) is 13.0. The first-order chi connectivity index (χ1) is 7.95. The molecule has 17 heavy (non-hydrogen) atoms. The predicted molar refractivity (Wildman–Crippen MR) is 61.6 cm³/mol. The van der Waals surface area contributed by atoms with Gasteiger partial charge >= 0.3 is 0 Å². The van der Waals surface area contributed by atoms with Gasteiger partial charge in [-0.3, -0.25) is 10.1 Å². The molecular weight excluding hydrogens is 250 g/mol. The Hall–Kier alpha value is -2.02. The molecule has 0 aliphatic heterocycles. The van der Waals surface area contributed by atoms with E-state index in [1.54, 1.807) is 0 Å². The van der Waals surface area contributed by atoms with Gasteiger partial charge < -0.3 is 15.7 Å². The monoisotopic (exact) mass is 259 g/mol. The fraction of sp³-hybridized carbons (Fsp3) is 0.222. The molecule has 8 heteroatoms. The van der Waals surface area contributed by atoms with Gasteiger partial charge in [0.05, 0.1) is 16.0 Å². The van der Waals surface area contributed by atoms with Crippen LogP contribution in [0, 0.1) is 10.1 Å². The molecule has 0 heterocycles. The van der Waals surface area contributed by atoms with E-state index in [9.17, 15) is 10.1 Å². The molecule has 0 amide bonds. The van der Waals surface area contributed by atoms with Crippen LogP contribution in [-0.2, 0) is 0 Å². The molecule has 0 aliphatic rings. The maximum Gasteiger partial charge on any atom is 0.273 e. The topological polar surface area (TPSA) is 111 Å². The smallest absolute Gasteiger partial charge is 0.273 e. The minimum Gasteiger partial charge on any atom is -0.481 e. The second kappa shape index (κ2) is 5.35. The summed E-state index contributed by atoms with van der Waals surface area (Å²) in [7, 11) is 0. The van der Waals surface area contributed by atoms with Gasteiger partial charge in [-0.15, -0.1) is 0 Å². The summed E-state index contributed by atoms with van der Waals surface area (Å²) in [5.74, 6) is -0.0625. The van der Waals surface area contributed by atoms with Crippen molar-refractivity contribution in [3.05, 3.63) is 33.3 Å². The summed E-state index contributed by atoms with van der Waals surface area (Å²) >= 11 is 5.80. The van der Waals surface area contributed by atoms with E-state index >= 15 is 0 Å². The molecule has 1 atom stereocenters. The number of nitrogens with two attached hydrogens (primary N) is 1. The van der Waals surface area contributed by atoms with Crippen molar-refractivity contribution in [2.45, 2.75) is 13.0 Å². The van der Waals surface area contributed by atoms with Crippen molar-refractivity contribution in [3.63, 3.8) is 0 Å². The Morgan fingerprint density at radius 3 is 2.88 bits per heavy atom. The summed E-state index contributed by atoms with van der Waals surface area (Å²) < 4.78 is 5.24. The minimum absolute atomic E-state index is 0.0972. The molecule has 1 aromatic rings. The Morgan fingerprint density at radius 1 is 1.71 bits per heavy atom. The molecule has 3 N–H and O–H groups in total. The highest BCUT2D eigenvalue weighted by atomic mass is 35.5. The van der Waals surface area contributed by atoms with Crippen LogP contribution >= 0.6 is 11.6 Å². The van der Waals surface area contributed by atoms with E-state index in [0.717, 1.165) is 0 Å². The van der Waals surface area contributed by atoms with Gasteiger partial charge in [0.15, 0.2) is 11.9 Å². The lowest BCUT2D eigenvalue weighted by Crippen LogP contribution is -2.31. The number of nitro groups is 1. The average molecular weight is 260 g/mol. The number of hydrogen-bond acceptors (Lipinski definition) is 5. The molecule has 7 nitrogen and oxygen atoms in total. The standard InChI is InChI=1S/C9H10ClN3O4/c1-5(9(11)12-14)17-8-4-6(13(15)16)2-3-7(8)10/h2-5,14H,1H3,(H2,11,12). The highest BCUT2D eigenvalue weighted by Crippen LogP contribution is 2.29. The number of non-ortho nitro benzene ring substituents is 1. The van der Waals surface area contributed by atoms with E-state index in [4.69, 9.17) is 27.3 Å². The molecule has 0 fully saturated rings. The maximum absolute atomic E-state index is 10.6. The van der Waals surface area contributed by atoms with Crippen LogP contribution in [0.3, 0.4) is 0 Å². The molecule has 0 aliphatic carbocycles. The van der Waals surface area contributed by atoms with Crippen LogP contribution in [0.4, 0.5) is 5.69 Å². The first-order valence-electron chi connectivity index (χ1n) is 4.53. The van der Waals surface area contributed by atoms with Crippen LogP contribution in [0.25, 0.3) is 0 Å². The van der Waals surface area contributed by atoms with Gasteiger partial charge in [0.25, 0.3) is 5.69 Å². The largest absolute Gasteiger partial charge is 0.481 e. The summed E-state index contributed by atoms with van der Waals surface area (Å²) in [5.41, 5.74) is 5.15. The lowest BCUT2D eigenvalue weighted by molar-refractivity contribution is -0.384. The lowest BCUT2D eigenvalue weighted by atomic mass is 10.3. The Bertz CT molecular complexity index is 464. The molecule has 1 rings (SSSR count). The van der Waals surface area contributed by atoms with Crippen LogP contribution in [0.15, 0.2) is 23.4 Å². The van der Waals surface area contributed by atoms with E-state index in [-0.39, 0.29) is 22.3 Å². The summed E-state index contributed by atoms with van der Waals surface area (Å²) in [4.78, 5) is 9.99. The van der Waals surface area contributed by atoms with Crippen LogP contribution in [0.2, 0.25) is 5.02 Å². The molecule has 0 bridgehead atoms. The number of nitrogens with zero attached hydrogens (tertiary/aromatic N) is 2. The van der Waals surface area contributed by atoms with Gasteiger partial charge in [0.2, 0.25) is 0 Å². The molecule has 1 aromatic carbocycles. The molecule has 0 aromatic heterocycles. The molecule has 92 valence electrons. The van der Waals surface area contributed by atoms with E-state index < -0.39 is 11.0 Å². The summed E-state index contributed by atoms with van der Waals surface area (Å²) in [6.45, 7) is 1.52. The fourth-order valence-electron chi connectivity index (χ4n) is 1.03. The quantitative estimate of drug-likeness (QED) is 0.281. The van der Waals surface area contributed by atoms with Crippen LogP contribution < -0.4 is 10.5 Å². The van der Waals surface area contributed by atoms with Crippen molar-refractivity contribution in [1.82, 2.24) is 0 Å². The molecule has 0 saturated carbocycles. The van der Waals surface area contributed by atoms with E-state index in [0.29, 0.717) is 0 Å². The lowest BCUT2D eigenvalue weighted by Gasteiger charge is -2.13. The number of hydrogen-bond donors (Lipinski definition) is 2. The minimum atomic E-state index is -0.750. The first kappa shape index (κ1) is 13.0. The predicted octanol–water partition coefficient (Wildman–Crippen LogP) is 1.76. The third kappa shape index (κ3) is 3.22. The first-order valence-corrected chi connectivity index (χ1v) is 4.91. The fourth-order valence-corrected chi connectivity index (χ4v) is 1.19. The van der Waals surface area contributed by atoms with Crippen molar-refractivity contribution < 1.29 is 14.9 Å². The van der Waals surface area contributed by atoms with E-state index in [1.165, 1.54) is 25.1 Å². The van der Waals surface area contributed by atoms with E-state index in [2.05, 4.69) is 5.16 Å². The number of amidine groups is 1. The van der Waals surface area contributed by atoms with Crippen LogP contribution in [0.5, 0.6) is 5.75 Å². The Labute approximate surface area is 102 Å².